The van der Waals surface area contributed by atoms with E-state index in [0.29, 0.717) is 6.54 Å². The molecular weight excluding hydrogens is 272 g/mol. The molecule has 2 amide bonds. The molecule has 0 saturated carbocycles. The molecule has 2 N–H and O–H groups in total. The summed E-state index contributed by atoms with van der Waals surface area (Å²) in [5.41, 5.74) is 0.0572. The molecule has 1 aromatic rings. The van der Waals surface area contributed by atoms with E-state index in [-0.39, 0.29) is 17.4 Å². The van der Waals surface area contributed by atoms with E-state index in [1.165, 1.54) is 25.1 Å². The third-order valence-electron chi connectivity index (χ3n) is 3.55. The summed E-state index contributed by atoms with van der Waals surface area (Å²) in [6.45, 7) is 3.61. The summed E-state index contributed by atoms with van der Waals surface area (Å²) in [6, 6.07) is 2.79. The lowest BCUT2D eigenvalue weighted by Gasteiger charge is -2.22. The monoisotopic (exact) mass is 292 g/mol. The van der Waals surface area contributed by atoms with Gasteiger partial charge in [0.1, 0.15) is 0 Å². The quantitative estimate of drug-likeness (QED) is 0.855. The van der Waals surface area contributed by atoms with Gasteiger partial charge in [0.15, 0.2) is 5.69 Å². The number of likely N-dealkylation sites (N-methyl/N-ethyl adjacent to an activating group) is 1. The number of hydrogen-bond donors (Lipinski definition) is 2. The van der Waals surface area contributed by atoms with Gasteiger partial charge in [-0.3, -0.25) is 0 Å². The van der Waals surface area contributed by atoms with Crippen LogP contribution in [0.25, 0.3) is 0 Å². The topological polar surface area (TPSA) is 85.8 Å². The highest BCUT2D eigenvalue weighted by atomic mass is 16.4. The minimum Gasteiger partial charge on any atom is -0.476 e. The van der Waals surface area contributed by atoms with Crippen LogP contribution in [-0.2, 0) is 0 Å². The van der Waals surface area contributed by atoms with Gasteiger partial charge in [0.05, 0.1) is 5.69 Å². The van der Waals surface area contributed by atoms with E-state index in [4.69, 9.17) is 5.11 Å². The molecule has 7 nitrogen and oxygen atoms in total. The Kier molecular flexibility index (Phi) is 5.10. The minimum absolute atomic E-state index is 0.154. The Morgan fingerprint density at radius 1 is 1.43 bits per heavy atom. The number of rotatable bonds is 5. The Morgan fingerprint density at radius 2 is 2.14 bits per heavy atom. The molecule has 0 unspecified atom stereocenters. The van der Waals surface area contributed by atoms with E-state index in [1.807, 2.05) is 0 Å². The highest BCUT2D eigenvalue weighted by Gasteiger charge is 2.17. The van der Waals surface area contributed by atoms with Crippen LogP contribution in [0.2, 0.25) is 0 Å². The fraction of sp³-hybridized carbons (Fsp3) is 0.500. The molecule has 1 aliphatic rings. The van der Waals surface area contributed by atoms with Crippen molar-refractivity contribution in [2.24, 2.45) is 0 Å². The van der Waals surface area contributed by atoms with Crippen LogP contribution < -0.4 is 5.32 Å². The second-order valence-electron chi connectivity index (χ2n) is 5.11. The largest absolute Gasteiger partial charge is 0.476 e. The second kappa shape index (κ2) is 7.03. The van der Waals surface area contributed by atoms with Crippen molar-refractivity contribution >= 4 is 17.7 Å². The number of amides is 2. The van der Waals surface area contributed by atoms with Crippen LogP contribution in [-0.4, -0.2) is 65.1 Å². The Hall–Kier alpha value is -2.15. The third-order valence-corrected chi connectivity index (χ3v) is 3.55. The molecule has 0 aliphatic carbocycles. The summed E-state index contributed by atoms with van der Waals surface area (Å²) in [6.07, 6.45) is 3.82. The summed E-state index contributed by atoms with van der Waals surface area (Å²) in [5, 5.41) is 11.6. The van der Waals surface area contributed by atoms with Crippen molar-refractivity contribution in [1.29, 1.82) is 0 Å². The number of hydrogen-bond acceptors (Lipinski definition) is 4. The predicted octanol–water partition coefficient (Wildman–Crippen LogP) is 1.34. The molecular formula is C14H20N4O3. The first-order valence-electron chi connectivity index (χ1n) is 7.00. The van der Waals surface area contributed by atoms with E-state index in [9.17, 15) is 9.59 Å². The van der Waals surface area contributed by atoms with Crippen molar-refractivity contribution in [3.05, 3.63) is 24.0 Å². The number of nitrogens with one attached hydrogen (secondary N) is 1. The maximum Gasteiger partial charge on any atom is 0.356 e. The van der Waals surface area contributed by atoms with Crippen LogP contribution in [0.1, 0.15) is 23.3 Å². The van der Waals surface area contributed by atoms with Crippen molar-refractivity contribution in [3.8, 4) is 0 Å². The molecule has 2 heterocycles. The smallest absolute Gasteiger partial charge is 0.356 e. The highest BCUT2D eigenvalue weighted by molar-refractivity contribution is 5.98. The van der Waals surface area contributed by atoms with Crippen molar-refractivity contribution < 1.29 is 14.7 Å². The third kappa shape index (κ3) is 4.16. The molecule has 0 radical (unpaired) electrons. The zero-order chi connectivity index (χ0) is 15.2. The summed E-state index contributed by atoms with van der Waals surface area (Å²) in [7, 11) is 1.70. The number of urea groups is 1. The molecule has 1 aliphatic heterocycles. The number of carbonyl (C=O) groups excluding carboxylic acids is 1. The predicted molar refractivity (Wildman–Crippen MR) is 78.5 cm³/mol. The Balaban J connectivity index is 1.89. The number of likely N-dealkylation sites (tertiary alicyclic amines) is 1. The first-order valence-corrected chi connectivity index (χ1v) is 7.00. The Morgan fingerprint density at radius 3 is 2.81 bits per heavy atom. The zero-order valence-electron chi connectivity index (χ0n) is 12.1. The average Bonchev–Trinajstić information content (AvgIpc) is 2.98. The molecule has 21 heavy (non-hydrogen) atoms. The SMILES string of the molecule is CN(CCN1CCCC1)C(=O)Nc1cccnc1C(=O)O. The summed E-state index contributed by atoms with van der Waals surface area (Å²) in [5.74, 6) is -1.16. The lowest BCUT2D eigenvalue weighted by molar-refractivity contribution is 0.0691. The number of aromatic carboxylic acids is 1. The number of carboxylic acids is 1. The molecule has 1 saturated heterocycles. The van der Waals surface area contributed by atoms with Crippen molar-refractivity contribution in [1.82, 2.24) is 14.8 Å². The molecule has 1 aromatic heterocycles. The van der Waals surface area contributed by atoms with Gasteiger partial charge in [0.25, 0.3) is 0 Å². The van der Waals surface area contributed by atoms with Gasteiger partial charge in [-0.15, -0.1) is 0 Å². The minimum atomic E-state index is -1.16. The summed E-state index contributed by atoms with van der Waals surface area (Å²) >= 11 is 0. The van der Waals surface area contributed by atoms with Crippen LogP contribution in [0, 0.1) is 0 Å². The molecule has 0 aromatic carbocycles. The van der Waals surface area contributed by atoms with Gasteiger partial charge >= 0.3 is 12.0 Å². The molecule has 1 fully saturated rings. The number of pyridine rings is 1. The maximum atomic E-state index is 12.1. The molecule has 114 valence electrons. The second-order valence-corrected chi connectivity index (χ2v) is 5.11. The van der Waals surface area contributed by atoms with Crippen LogP contribution in [0.4, 0.5) is 10.5 Å². The van der Waals surface area contributed by atoms with E-state index in [2.05, 4.69) is 15.2 Å². The molecule has 0 bridgehead atoms. The van der Waals surface area contributed by atoms with Gasteiger partial charge in [-0.25, -0.2) is 14.6 Å². The average molecular weight is 292 g/mol. The van der Waals surface area contributed by atoms with Crippen molar-refractivity contribution in [2.75, 3.05) is 38.5 Å². The lowest BCUT2D eigenvalue weighted by atomic mass is 10.3. The van der Waals surface area contributed by atoms with E-state index in [0.717, 1.165) is 19.6 Å². The highest BCUT2D eigenvalue weighted by Crippen LogP contribution is 2.13. The van der Waals surface area contributed by atoms with Gasteiger partial charge in [-0.1, -0.05) is 0 Å². The van der Waals surface area contributed by atoms with E-state index in [1.54, 1.807) is 18.0 Å². The van der Waals surface area contributed by atoms with Crippen LogP contribution in [0.5, 0.6) is 0 Å². The first-order chi connectivity index (χ1) is 10.1. The fourth-order valence-corrected chi connectivity index (χ4v) is 2.29. The van der Waals surface area contributed by atoms with Gasteiger partial charge in [-0.2, -0.15) is 0 Å². The fourth-order valence-electron chi connectivity index (χ4n) is 2.29. The molecule has 7 heteroatoms. The normalized spacial score (nSPS) is 14.9. The number of carboxylic acid groups (broad SMARTS) is 1. The maximum absolute atomic E-state index is 12.1. The Bertz CT molecular complexity index is 515. The van der Waals surface area contributed by atoms with Gasteiger partial charge < -0.3 is 20.2 Å². The number of nitrogens with zero attached hydrogens (tertiary/aromatic N) is 3. The van der Waals surface area contributed by atoms with E-state index >= 15 is 0 Å². The van der Waals surface area contributed by atoms with Gasteiger partial charge in [-0.05, 0) is 38.1 Å². The molecule has 2 rings (SSSR count). The van der Waals surface area contributed by atoms with E-state index < -0.39 is 5.97 Å². The van der Waals surface area contributed by atoms with Gasteiger partial charge in [0.2, 0.25) is 0 Å². The van der Waals surface area contributed by atoms with Crippen LogP contribution >= 0.6 is 0 Å². The molecule has 0 spiro atoms. The zero-order valence-corrected chi connectivity index (χ0v) is 12.1. The molecule has 0 atom stereocenters. The van der Waals surface area contributed by atoms with Crippen molar-refractivity contribution in [2.45, 2.75) is 12.8 Å². The lowest BCUT2D eigenvalue weighted by Crippen LogP contribution is -2.37. The van der Waals surface area contributed by atoms with Gasteiger partial charge in [0, 0.05) is 26.3 Å². The Labute approximate surface area is 123 Å². The summed E-state index contributed by atoms with van der Waals surface area (Å²) in [4.78, 5) is 30.7. The van der Waals surface area contributed by atoms with Crippen molar-refractivity contribution in [3.63, 3.8) is 0 Å². The standard InChI is InChI=1S/C14H20N4O3/c1-17(9-10-18-7-2-3-8-18)14(21)16-11-5-4-6-15-12(11)13(19)20/h4-6H,2-3,7-10H2,1H3,(H,16,21)(H,19,20). The van der Waals surface area contributed by atoms with Crippen LogP contribution in [0.3, 0.4) is 0 Å². The number of carbonyl (C=O) groups is 2. The summed E-state index contributed by atoms with van der Waals surface area (Å²) < 4.78 is 0. The number of aromatic nitrogens is 1. The van der Waals surface area contributed by atoms with Crippen LogP contribution in [0.15, 0.2) is 18.3 Å². The number of anilines is 1. The first kappa shape index (κ1) is 15.2.